The van der Waals surface area contributed by atoms with Gasteiger partial charge in [-0.1, -0.05) is 42.5 Å². The molecule has 1 amide bonds. The van der Waals surface area contributed by atoms with Gasteiger partial charge in [0.2, 0.25) is 0 Å². The van der Waals surface area contributed by atoms with Crippen molar-refractivity contribution in [3.8, 4) is 5.75 Å². The highest BCUT2D eigenvalue weighted by molar-refractivity contribution is 6.11. The number of phenolic OH excluding ortho intramolecular Hbond substituents is 1. The van der Waals surface area contributed by atoms with Crippen molar-refractivity contribution in [1.29, 1.82) is 0 Å². The summed E-state index contributed by atoms with van der Waals surface area (Å²) >= 11 is 0. The molecule has 0 spiro atoms. The summed E-state index contributed by atoms with van der Waals surface area (Å²) in [5.41, 5.74) is -0.141. The number of amides is 1. The first-order chi connectivity index (χ1) is 11.8. The maximum absolute atomic E-state index is 12.9. The van der Waals surface area contributed by atoms with Crippen molar-refractivity contribution in [2.45, 2.75) is 18.9 Å². The lowest BCUT2D eigenvalue weighted by atomic mass is 9.88. The molecule has 2 aromatic rings. The standard InChI is InChI=1S/C20H19NO4/c1-13(2)12-21-16-9-5-4-8-15(16)20(25,19(21)24)11-18(23)14-7-3-6-10-17(14)22/h3-10,22,25H,1,11-12H2,2H3. The van der Waals surface area contributed by atoms with E-state index in [-0.39, 0.29) is 17.9 Å². The van der Waals surface area contributed by atoms with Crippen LogP contribution in [0.4, 0.5) is 5.69 Å². The number of aromatic hydroxyl groups is 1. The number of aliphatic hydroxyl groups is 1. The number of nitrogens with zero attached hydrogens (tertiary/aromatic N) is 1. The van der Waals surface area contributed by atoms with E-state index in [1.807, 2.05) is 0 Å². The van der Waals surface area contributed by atoms with Gasteiger partial charge in [0, 0.05) is 12.1 Å². The minimum atomic E-state index is -1.95. The lowest BCUT2D eigenvalue weighted by Crippen LogP contribution is -2.42. The molecule has 0 aliphatic carbocycles. The fourth-order valence-corrected chi connectivity index (χ4v) is 3.14. The summed E-state index contributed by atoms with van der Waals surface area (Å²) in [6.07, 6.45) is -0.437. The number of rotatable bonds is 5. The predicted octanol–water partition coefficient (Wildman–Crippen LogP) is 2.78. The van der Waals surface area contributed by atoms with Crippen LogP contribution in [-0.2, 0) is 10.4 Å². The first-order valence-electron chi connectivity index (χ1n) is 7.94. The number of anilines is 1. The molecule has 1 unspecified atom stereocenters. The molecule has 0 fully saturated rings. The summed E-state index contributed by atoms with van der Waals surface area (Å²) in [7, 11) is 0. The quantitative estimate of drug-likeness (QED) is 0.650. The Kier molecular flexibility index (Phi) is 4.18. The molecule has 0 aromatic heterocycles. The second-order valence-electron chi connectivity index (χ2n) is 6.34. The van der Waals surface area contributed by atoms with Crippen molar-refractivity contribution < 1.29 is 19.8 Å². The Morgan fingerprint density at radius 3 is 2.48 bits per heavy atom. The van der Waals surface area contributed by atoms with E-state index < -0.39 is 23.7 Å². The summed E-state index contributed by atoms with van der Waals surface area (Å²) in [5, 5.41) is 21.0. The summed E-state index contributed by atoms with van der Waals surface area (Å²) in [6.45, 7) is 5.88. The van der Waals surface area contributed by atoms with E-state index >= 15 is 0 Å². The highest BCUT2D eigenvalue weighted by Crippen LogP contribution is 2.43. The molecule has 1 atom stereocenters. The molecular weight excluding hydrogens is 318 g/mol. The molecule has 2 N–H and O–H groups in total. The van der Waals surface area contributed by atoms with E-state index in [0.717, 1.165) is 5.57 Å². The normalized spacial score (nSPS) is 19.0. The van der Waals surface area contributed by atoms with Gasteiger partial charge in [0.1, 0.15) is 5.75 Å². The number of benzene rings is 2. The van der Waals surface area contributed by atoms with Gasteiger partial charge in [0.25, 0.3) is 5.91 Å². The van der Waals surface area contributed by atoms with Crippen LogP contribution < -0.4 is 4.90 Å². The first-order valence-corrected chi connectivity index (χ1v) is 7.94. The van der Waals surface area contributed by atoms with Crippen molar-refractivity contribution >= 4 is 17.4 Å². The van der Waals surface area contributed by atoms with E-state index in [2.05, 4.69) is 6.58 Å². The van der Waals surface area contributed by atoms with Crippen LogP contribution in [0.15, 0.2) is 60.7 Å². The van der Waals surface area contributed by atoms with Crippen LogP contribution >= 0.6 is 0 Å². The number of carbonyl (C=O) groups excluding carboxylic acids is 2. The number of ketones is 1. The molecule has 1 heterocycles. The Morgan fingerprint density at radius 2 is 1.80 bits per heavy atom. The molecule has 2 aromatic carbocycles. The number of Topliss-reactive ketones (excluding diaryl/α,β-unsaturated/α-hetero) is 1. The van der Waals surface area contributed by atoms with Gasteiger partial charge in [-0.2, -0.15) is 0 Å². The fraction of sp³-hybridized carbons (Fsp3) is 0.200. The van der Waals surface area contributed by atoms with Crippen LogP contribution in [0.2, 0.25) is 0 Å². The Hall–Kier alpha value is -2.92. The van der Waals surface area contributed by atoms with Crippen LogP contribution in [0.1, 0.15) is 29.3 Å². The number of phenols is 1. The molecule has 0 bridgehead atoms. The van der Waals surface area contributed by atoms with E-state index in [1.54, 1.807) is 43.3 Å². The lowest BCUT2D eigenvalue weighted by Gasteiger charge is -2.23. The number of fused-ring (bicyclic) bond motifs is 1. The average Bonchev–Trinajstić information content (AvgIpc) is 2.77. The Balaban J connectivity index is 2.00. The number of hydrogen-bond acceptors (Lipinski definition) is 4. The summed E-state index contributed by atoms with van der Waals surface area (Å²) in [5.74, 6) is -1.23. The minimum Gasteiger partial charge on any atom is -0.507 e. The van der Waals surface area contributed by atoms with Crippen molar-refractivity contribution in [2.75, 3.05) is 11.4 Å². The maximum atomic E-state index is 12.9. The highest BCUT2D eigenvalue weighted by Gasteiger charge is 2.50. The second kappa shape index (κ2) is 6.18. The molecule has 0 radical (unpaired) electrons. The lowest BCUT2D eigenvalue weighted by molar-refractivity contribution is -0.135. The summed E-state index contributed by atoms with van der Waals surface area (Å²) in [4.78, 5) is 26.9. The van der Waals surface area contributed by atoms with Gasteiger partial charge in [-0.05, 0) is 25.1 Å². The minimum absolute atomic E-state index is 0.0829. The Morgan fingerprint density at radius 1 is 1.16 bits per heavy atom. The van der Waals surface area contributed by atoms with Crippen molar-refractivity contribution in [1.82, 2.24) is 0 Å². The van der Waals surface area contributed by atoms with E-state index in [0.29, 0.717) is 11.3 Å². The second-order valence-corrected chi connectivity index (χ2v) is 6.34. The van der Waals surface area contributed by atoms with Gasteiger partial charge in [0.15, 0.2) is 11.4 Å². The van der Waals surface area contributed by atoms with E-state index in [1.165, 1.54) is 17.0 Å². The molecule has 5 heteroatoms. The number of para-hydroxylation sites is 2. The van der Waals surface area contributed by atoms with Gasteiger partial charge < -0.3 is 15.1 Å². The topological polar surface area (TPSA) is 77.8 Å². The third-order valence-electron chi connectivity index (χ3n) is 4.29. The first kappa shape index (κ1) is 16.9. The zero-order valence-electron chi connectivity index (χ0n) is 13.9. The van der Waals surface area contributed by atoms with Gasteiger partial charge in [0.05, 0.1) is 17.7 Å². The van der Waals surface area contributed by atoms with Crippen molar-refractivity contribution in [2.24, 2.45) is 0 Å². The van der Waals surface area contributed by atoms with E-state index in [4.69, 9.17) is 0 Å². The van der Waals surface area contributed by atoms with Crippen LogP contribution in [0.5, 0.6) is 5.75 Å². The largest absolute Gasteiger partial charge is 0.507 e. The fourth-order valence-electron chi connectivity index (χ4n) is 3.14. The smallest absolute Gasteiger partial charge is 0.264 e. The number of hydrogen-bond donors (Lipinski definition) is 2. The molecular formula is C20H19NO4. The van der Waals surface area contributed by atoms with Crippen LogP contribution in [0.3, 0.4) is 0 Å². The molecule has 0 saturated heterocycles. The monoisotopic (exact) mass is 337 g/mol. The van der Waals surface area contributed by atoms with Crippen LogP contribution in [0, 0.1) is 0 Å². The molecule has 5 nitrogen and oxygen atoms in total. The Labute approximate surface area is 145 Å². The molecule has 0 saturated carbocycles. The van der Waals surface area contributed by atoms with Crippen LogP contribution in [0.25, 0.3) is 0 Å². The Bertz CT molecular complexity index is 874. The number of carbonyl (C=O) groups is 2. The molecule has 128 valence electrons. The molecule has 1 aliphatic heterocycles. The van der Waals surface area contributed by atoms with Crippen molar-refractivity contribution in [3.05, 3.63) is 71.8 Å². The SMILES string of the molecule is C=C(C)CN1C(=O)C(O)(CC(=O)c2ccccc2O)c2ccccc21. The zero-order valence-corrected chi connectivity index (χ0v) is 13.9. The maximum Gasteiger partial charge on any atom is 0.264 e. The van der Waals surface area contributed by atoms with Gasteiger partial charge in [-0.15, -0.1) is 0 Å². The summed E-state index contributed by atoms with van der Waals surface area (Å²) < 4.78 is 0. The third-order valence-corrected chi connectivity index (χ3v) is 4.29. The summed E-state index contributed by atoms with van der Waals surface area (Å²) in [6, 6.07) is 13.0. The van der Waals surface area contributed by atoms with Crippen molar-refractivity contribution in [3.63, 3.8) is 0 Å². The van der Waals surface area contributed by atoms with E-state index in [9.17, 15) is 19.8 Å². The third kappa shape index (κ3) is 2.83. The molecule has 25 heavy (non-hydrogen) atoms. The van der Waals surface area contributed by atoms with Crippen LogP contribution in [-0.4, -0.2) is 28.4 Å². The van der Waals surface area contributed by atoms with Gasteiger partial charge in [-0.25, -0.2) is 0 Å². The zero-order chi connectivity index (χ0) is 18.2. The van der Waals surface area contributed by atoms with Gasteiger partial charge in [-0.3, -0.25) is 9.59 Å². The van der Waals surface area contributed by atoms with Gasteiger partial charge >= 0.3 is 0 Å². The average molecular weight is 337 g/mol. The molecule has 1 aliphatic rings. The predicted molar refractivity (Wildman–Crippen MR) is 94.6 cm³/mol. The molecule has 3 rings (SSSR count). The highest BCUT2D eigenvalue weighted by atomic mass is 16.3.